The van der Waals surface area contributed by atoms with E-state index in [0.717, 1.165) is 19.3 Å². The van der Waals surface area contributed by atoms with Gasteiger partial charge in [-0.05, 0) is 46.1 Å². The van der Waals surface area contributed by atoms with Crippen LogP contribution >= 0.6 is 0 Å². The van der Waals surface area contributed by atoms with Gasteiger partial charge in [-0.3, -0.25) is 9.59 Å². The molecule has 0 aromatic heterocycles. The van der Waals surface area contributed by atoms with Gasteiger partial charge in [-0.15, -0.1) is 0 Å². The summed E-state index contributed by atoms with van der Waals surface area (Å²) in [5.74, 6) is -0.556. The largest absolute Gasteiger partial charge is 0.382 e. The molecule has 0 aliphatic heterocycles. The summed E-state index contributed by atoms with van der Waals surface area (Å²) in [5, 5.41) is 0. The molecule has 27 heavy (non-hydrogen) atoms. The minimum atomic E-state index is -0.733. The second-order valence-corrected chi connectivity index (χ2v) is 7.27. The van der Waals surface area contributed by atoms with Crippen molar-refractivity contribution in [2.45, 2.75) is 70.9 Å². The maximum absolute atomic E-state index is 12.0. The standard InChI is InChI=1S/C21H34O6/c1-16(14-24-4)27-19-12-17(20(23)13-19)10-8-6-7-9-11-18(22)15-26-21(2,3)25-5/h8,10,12,16,19H,6-7,9,11,13-15H2,1-5H3. The normalized spacial score (nSPS) is 18.9. The van der Waals surface area contributed by atoms with E-state index in [-0.39, 0.29) is 30.4 Å². The lowest BCUT2D eigenvalue weighted by atomic mass is 10.1. The molecule has 0 N–H and O–H groups in total. The molecule has 1 aliphatic rings. The molecule has 0 saturated carbocycles. The number of Topliss-reactive ketones (excluding diaryl/α,β-unsaturated/α-hetero) is 2. The number of unbranched alkanes of at least 4 members (excludes halogenated alkanes) is 2. The van der Waals surface area contributed by atoms with Crippen LogP contribution in [0.2, 0.25) is 0 Å². The van der Waals surface area contributed by atoms with Crippen LogP contribution in [0.1, 0.15) is 52.9 Å². The van der Waals surface area contributed by atoms with Gasteiger partial charge in [-0.2, -0.15) is 0 Å². The Morgan fingerprint density at radius 1 is 1.33 bits per heavy atom. The molecule has 154 valence electrons. The van der Waals surface area contributed by atoms with Crippen LogP contribution in [0.25, 0.3) is 0 Å². The third-order valence-electron chi connectivity index (χ3n) is 4.33. The van der Waals surface area contributed by atoms with Gasteiger partial charge in [0.1, 0.15) is 6.61 Å². The average molecular weight is 382 g/mol. The number of ether oxygens (including phenoxy) is 4. The number of rotatable bonds is 14. The minimum Gasteiger partial charge on any atom is -0.382 e. The van der Waals surface area contributed by atoms with E-state index in [4.69, 9.17) is 18.9 Å². The maximum Gasteiger partial charge on any atom is 0.165 e. The van der Waals surface area contributed by atoms with Gasteiger partial charge in [0.2, 0.25) is 0 Å². The van der Waals surface area contributed by atoms with E-state index in [0.29, 0.717) is 25.0 Å². The molecule has 1 rings (SSSR count). The van der Waals surface area contributed by atoms with E-state index < -0.39 is 5.79 Å². The van der Waals surface area contributed by atoms with Crippen molar-refractivity contribution in [1.29, 1.82) is 0 Å². The van der Waals surface area contributed by atoms with Crippen molar-refractivity contribution in [2.75, 3.05) is 27.4 Å². The Balaban J connectivity index is 2.23. The van der Waals surface area contributed by atoms with Crippen molar-refractivity contribution in [3.8, 4) is 0 Å². The Bertz CT molecular complexity index is 535. The quantitative estimate of drug-likeness (QED) is 0.339. The van der Waals surface area contributed by atoms with Gasteiger partial charge < -0.3 is 18.9 Å². The van der Waals surface area contributed by atoms with Gasteiger partial charge in [0.15, 0.2) is 17.4 Å². The summed E-state index contributed by atoms with van der Waals surface area (Å²) in [5.41, 5.74) is 0.705. The number of carbonyl (C=O) groups is 2. The zero-order chi connectivity index (χ0) is 20.3. The number of ketones is 2. The third kappa shape index (κ3) is 9.96. The highest BCUT2D eigenvalue weighted by atomic mass is 16.7. The summed E-state index contributed by atoms with van der Waals surface area (Å²) in [6, 6.07) is 0. The molecule has 0 aromatic carbocycles. The fourth-order valence-corrected chi connectivity index (χ4v) is 2.64. The van der Waals surface area contributed by atoms with Crippen LogP contribution in [-0.2, 0) is 28.5 Å². The lowest BCUT2D eigenvalue weighted by Gasteiger charge is -2.22. The van der Waals surface area contributed by atoms with Gasteiger partial charge in [0, 0.05) is 32.6 Å². The molecule has 0 bridgehead atoms. The lowest BCUT2D eigenvalue weighted by Crippen LogP contribution is -2.29. The first-order valence-electron chi connectivity index (χ1n) is 9.54. The fourth-order valence-electron chi connectivity index (χ4n) is 2.64. The summed E-state index contributed by atoms with van der Waals surface area (Å²) in [6.45, 7) is 6.06. The maximum atomic E-state index is 12.0. The van der Waals surface area contributed by atoms with Crippen LogP contribution in [-0.4, -0.2) is 57.0 Å². The Morgan fingerprint density at radius 3 is 2.74 bits per heavy atom. The molecule has 6 heteroatoms. The van der Waals surface area contributed by atoms with Crippen molar-refractivity contribution < 1.29 is 28.5 Å². The monoisotopic (exact) mass is 382 g/mol. The topological polar surface area (TPSA) is 71.1 Å². The van der Waals surface area contributed by atoms with E-state index in [1.807, 2.05) is 25.2 Å². The highest BCUT2D eigenvalue weighted by Gasteiger charge is 2.24. The molecule has 0 spiro atoms. The minimum absolute atomic E-state index is 0.0386. The van der Waals surface area contributed by atoms with Crippen LogP contribution in [0.15, 0.2) is 23.8 Å². The first-order chi connectivity index (χ1) is 12.8. The zero-order valence-corrected chi connectivity index (χ0v) is 17.3. The van der Waals surface area contributed by atoms with Crippen molar-refractivity contribution in [3.05, 3.63) is 23.8 Å². The molecule has 2 unspecified atom stereocenters. The number of carbonyl (C=O) groups excluding carboxylic acids is 2. The summed E-state index contributed by atoms with van der Waals surface area (Å²) in [6.07, 6.45) is 8.91. The van der Waals surface area contributed by atoms with E-state index in [1.165, 1.54) is 0 Å². The van der Waals surface area contributed by atoms with Crippen LogP contribution in [0.4, 0.5) is 0 Å². The smallest absolute Gasteiger partial charge is 0.165 e. The predicted octanol–water partition coefficient (Wildman–Crippen LogP) is 3.39. The van der Waals surface area contributed by atoms with Gasteiger partial charge in [-0.25, -0.2) is 0 Å². The molecule has 1 aliphatic carbocycles. The molecular weight excluding hydrogens is 348 g/mol. The van der Waals surface area contributed by atoms with Crippen molar-refractivity contribution in [2.24, 2.45) is 0 Å². The molecule has 2 atom stereocenters. The van der Waals surface area contributed by atoms with Crippen LogP contribution in [0, 0.1) is 0 Å². The van der Waals surface area contributed by atoms with E-state index >= 15 is 0 Å². The Kier molecular flexibility index (Phi) is 10.7. The second-order valence-electron chi connectivity index (χ2n) is 7.27. The van der Waals surface area contributed by atoms with Crippen molar-refractivity contribution in [3.63, 3.8) is 0 Å². The predicted molar refractivity (Wildman–Crippen MR) is 104 cm³/mol. The Hall–Kier alpha value is -1.34. The molecule has 0 aromatic rings. The highest BCUT2D eigenvalue weighted by Crippen LogP contribution is 2.20. The Labute approximate surface area is 162 Å². The SMILES string of the molecule is COCC(C)OC1C=C(C=CCCCCC(=O)COC(C)(C)OC)C(=O)C1. The van der Waals surface area contributed by atoms with Gasteiger partial charge in [0.05, 0.1) is 18.8 Å². The highest BCUT2D eigenvalue weighted by molar-refractivity contribution is 6.00. The summed E-state index contributed by atoms with van der Waals surface area (Å²) in [4.78, 5) is 23.8. The lowest BCUT2D eigenvalue weighted by molar-refractivity contribution is -0.198. The van der Waals surface area contributed by atoms with Gasteiger partial charge in [-0.1, -0.05) is 12.2 Å². The third-order valence-corrected chi connectivity index (χ3v) is 4.33. The summed E-state index contributed by atoms with van der Waals surface area (Å²) in [7, 11) is 3.18. The molecule has 0 heterocycles. The molecule has 0 fully saturated rings. The van der Waals surface area contributed by atoms with Crippen LogP contribution in [0.5, 0.6) is 0 Å². The van der Waals surface area contributed by atoms with Crippen LogP contribution in [0.3, 0.4) is 0 Å². The molecular formula is C21H34O6. The number of allylic oxidation sites excluding steroid dienone is 3. The van der Waals surface area contributed by atoms with Crippen LogP contribution < -0.4 is 0 Å². The first kappa shape index (κ1) is 23.7. The van der Waals surface area contributed by atoms with Gasteiger partial charge in [0.25, 0.3) is 0 Å². The molecule has 0 amide bonds. The van der Waals surface area contributed by atoms with E-state index in [9.17, 15) is 9.59 Å². The zero-order valence-electron chi connectivity index (χ0n) is 17.3. The first-order valence-corrected chi connectivity index (χ1v) is 9.54. The fraction of sp³-hybridized carbons (Fsp3) is 0.714. The average Bonchev–Trinajstić information content (AvgIpc) is 2.95. The van der Waals surface area contributed by atoms with Crippen molar-refractivity contribution >= 4 is 11.6 Å². The number of hydrogen-bond donors (Lipinski definition) is 0. The van der Waals surface area contributed by atoms with Crippen molar-refractivity contribution in [1.82, 2.24) is 0 Å². The second kappa shape index (κ2) is 12.2. The molecule has 0 saturated heterocycles. The van der Waals surface area contributed by atoms with E-state index in [1.54, 1.807) is 28.1 Å². The molecule has 0 radical (unpaired) electrons. The number of hydrogen-bond acceptors (Lipinski definition) is 6. The van der Waals surface area contributed by atoms with Gasteiger partial charge >= 0.3 is 0 Å². The number of methoxy groups -OCH3 is 2. The van der Waals surface area contributed by atoms with E-state index in [2.05, 4.69) is 0 Å². The summed E-state index contributed by atoms with van der Waals surface area (Å²) < 4.78 is 21.3. The molecule has 6 nitrogen and oxygen atoms in total. The summed E-state index contributed by atoms with van der Waals surface area (Å²) >= 11 is 0. The Morgan fingerprint density at radius 2 is 2.07 bits per heavy atom.